The number of hydrogen-bond donors (Lipinski definition) is 2. The smallest absolute Gasteiger partial charge is 0.0437 e. The van der Waals surface area contributed by atoms with Crippen molar-refractivity contribution in [2.75, 3.05) is 14.1 Å². The summed E-state index contributed by atoms with van der Waals surface area (Å²) in [6.45, 7) is 4.39. The molecule has 0 aromatic carbocycles. The number of hydrazine groups is 1. The first-order chi connectivity index (χ1) is 7.37. The molecule has 5 heteroatoms. The Morgan fingerprint density at radius 3 is 2.56 bits per heavy atom. The third-order valence-corrected chi connectivity index (χ3v) is 4.95. The summed E-state index contributed by atoms with van der Waals surface area (Å²) in [5.74, 6) is 5.67. The van der Waals surface area contributed by atoms with E-state index in [0.717, 1.165) is 10.9 Å². The van der Waals surface area contributed by atoms with Gasteiger partial charge in [0.25, 0.3) is 0 Å². The monoisotopic (exact) mass is 305 g/mol. The van der Waals surface area contributed by atoms with Gasteiger partial charge >= 0.3 is 0 Å². The zero-order valence-corrected chi connectivity index (χ0v) is 12.7. The van der Waals surface area contributed by atoms with E-state index < -0.39 is 0 Å². The number of hydrogen-bond acceptors (Lipinski definition) is 4. The van der Waals surface area contributed by atoms with Crippen molar-refractivity contribution < 1.29 is 0 Å². The molecule has 0 fully saturated rings. The fourth-order valence-corrected chi connectivity index (χ4v) is 2.98. The van der Waals surface area contributed by atoms with Crippen LogP contribution in [0.1, 0.15) is 18.7 Å². The van der Waals surface area contributed by atoms with Crippen molar-refractivity contribution >= 4 is 27.3 Å². The lowest BCUT2D eigenvalue weighted by atomic mass is 9.91. The highest BCUT2D eigenvalue weighted by Gasteiger charge is 2.31. The first kappa shape index (κ1) is 14.1. The van der Waals surface area contributed by atoms with E-state index in [0.29, 0.717) is 0 Å². The van der Waals surface area contributed by atoms with Gasteiger partial charge in [0.15, 0.2) is 0 Å². The quantitative estimate of drug-likeness (QED) is 0.647. The van der Waals surface area contributed by atoms with E-state index in [9.17, 15) is 0 Å². The third-order valence-electron chi connectivity index (χ3n) is 3.23. The van der Waals surface area contributed by atoms with E-state index in [1.807, 2.05) is 0 Å². The molecule has 3 nitrogen and oxygen atoms in total. The van der Waals surface area contributed by atoms with Gasteiger partial charge in [0.1, 0.15) is 0 Å². The summed E-state index contributed by atoms with van der Waals surface area (Å²) in [5.41, 5.74) is 2.95. The Kier molecular flexibility index (Phi) is 4.94. The molecule has 0 saturated carbocycles. The molecule has 0 saturated heterocycles. The van der Waals surface area contributed by atoms with Gasteiger partial charge in [0, 0.05) is 32.7 Å². The van der Waals surface area contributed by atoms with Crippen LogP contribution in [0.15, 0.2) is 15.9 Å². The fourth-order valence-electron chi connectivity index (χ4n) is 1.49. The lowest BCUT2D eigenvalue weighted by Gasteiger charge is -2.39. The van der Waals surface area contributed by atoms with Gasteiger partial charge in [-0.2, -0.15) is 0 Å². The Bertz CT molecular complexity index is 336. The second-order valence-electron chi connectivity index (χ2n) is 4.70. The Balaban J connectivity index is 2.76. The number of thiophene rings is 1. The summed E-state index contributed by atoms with van der Waals surface area (Å²) < 4.78 is 1.14. The van der Waals surface area contributed by atoms with E-state index in [1.54, 1.807) is 11.3 Å². The van der Waals surface area contributed by atoms with Crippen LogP contribution < -0.4 is 11.3 Å². The van der Waals surface area contributed by atoms with Crippen LogP contribution in [0.4, 0.5) is 0 Å². The van der Waals surface area contributed by atoms with Gasteiger partial charge in [0.2, 0.25) is 0 Å². The van der Waals surface area contributed by atoms with Crippen molar-refractivity contribution in [3.8, 4) is 0 Å². The molecule has 92 valence electrons. The average Bonchev–Trinajstić information content (AvgIpc) is 2.60. The number of halogens is 1. The SMILES string of the molecule is CN(C)C(C)(C)C(Cc1cc(Br)cs1)NN. The minimum Gasteiger partial charge on any atom is -0.303 e. The summed E-state index contributed by atoms with van der Waals surface area (Å²) in [6.07, 6.45) is 0.942. The highest BCUT2D eigenvalue weighted by Crippen LogP contribution is 2.25. The van der Waals surface area contributed by atoms with E-state index in [1.165, 1.54) is 4.88 Å². The maximum Gasteiger partial charge on any atom is 0.0437 e. The molecule has 0 spiro atoms. The third kappa shape index (κ3) is 3.28. The van der Waals surface area contributed by atoms with E-state index >= 15 is 0 Å². The topological polar surface area (TPSA) is 41.3 Å². The second-order valence-corrected chi connectivity index (χ2v) is 6.61. The molecule has 0 bridgehead atoms. The molecule has 1 heterocycles. The number of nitrogens with zero attached hydrogens (tertiary/aromatic N) is 1. The van der Waals surface area contributed by atoms with Crippen molar-refractivity contribution in [3.63, 3.8) is 0 Å². The van der Waals surface area contributed by atoms with Gasteiger partial charge in [-0.15, -0.1) is 11.3 Å². The Morgan fingerprint density at radius 1 is 1.56 bits per heavy atom. The molecule has 0 amide bonds. The molecule has 0 aliphatic heterocycles. The van der Waals surface area contributed by atoms with Crippen LogP contribution >= 0.6 is 27.3 Å². The largest absolute Gasteiger partial charge is 0.303 e. The molecule has 1 aromatic rings. The zero-order chi connectivity index (χ0) is 12.3. The van der Waals surface area contributed by atoms with Gasteiger partial charge in [-0.1, -0.05) is 0 Å². The van der Waals surface area contributed by atoms with Crippen molar-refractivity contribution in [2.45, 2.75) is 31.8 Å². The van der Waals surface area contributed by atoms with Crippen molar-refractivity contribution in [1.82, 2.24) is 10.3 Å². The van der Waals surface area contributed by atoms with Crippen molar-refractivity contribution in [1.29, 1.82) is 0 Å². The van der Waals surface area contributed by atoms with Gasteiger partial charge in [-0.3, -0.25) is 11.3 Å². The van der Waals surface area contributed by atoms with Crippen molar-refractivity contribution in [2.24, 2.45) is 5.84 Å². The normalized spacial score (nSPS) is 14.4. The highest BCUT2D eigenvalue weighted by molar-refractivity contribution is 9.10. The summed E-state index contributed by atoms with van der Waals surface area (Å²) in [6, 6.07) is 2.38. The molecule has 1 atom stereocenters. The van der Waals surface area contributed by atoms with Crippen LogP contribution in [0, 0.1) is 0 Å². The van der Waals surface area contributed by atoms with Gasteiger partial charge in [0.05, 0.1) is 0 Å². The predicted molar refractivity (Wildman–Crippen MR) is 74.6 cm³/mol. The Hall–Kier alpha value is 0.0600. The van der Waals surface area contributed by atoms with Crippen LogP contribution in [-0.4, -0.2) is 30.6 Å². The summed E-state index contributed by atoms with van der Waals surface area (Å²) in [4.78, 5) is 3.53. The maximum atomic E-state index is 5.67. The van der Waals surface area contributed by atoms with E-state index in [4.69, 9.17) is 5.84 Å². The van der Waals surface area contributed by atoms with Crippen LogP contribution in [-0.2, 0) is 6.42 Å². The van der Waals surface area contributed by atoms with Gasteiger partial charge < -0.3 is 4.90 Å². The molecule has 1 unspecified atom stereocenters. The molecular weight excluding hydrogens is 286 g/mol. The number of likely N-dealkylation sites (N-methyl/N-ethyl adjacent to an activating group) is 1. The molecule has 0 radical (unpaired) electrons. The molecule has 0 aliphatic carbocycles. The minimum absolute atomic E-state index is 0.0191. The molecular formula is C11H20BrN3S. The van der Waals surface area contributed by atoms with Gasteiger partial charge in [-0.05, 0) is 49.9 Å². The average molecular weight is 306 g/mol. The standard InChI is InChI=1S/C11H20BrN3S/c1-11(2,15(3)4)10(14-13)6-9-5-8(12)7-16-9/h5,7,10,14H,6,13H2,1-4H3. The number of nitrogens with two attached hydrogens (primary N) is 1. The Labute approximate surface area is 110 Å². The highest BCUT2D eigenvalue weighted by atomic mass is 79.9. The van der Waals surface area contributed by atoms with Crippen LogP contribution in [0.2, 0.25) is 0 Å². The second kappa shape index (κ2) is 5.60. The predicted octanol–water partition coefficient (Wildman–Crippen LogP) is 2.23. The molecule has 1 aromatic heterocycles. The van der Waals surface area contributed by atoms with Crippen LogP contribution in [0.3, 0.4) is 0 Å². The number of nitrogens with one attached hydrogen (secondary N) is 1. The van der Waals surface area contributed by atoms with E-state index in [2.05, 4.69) is 65.6 Å². The molecule has 3 N–H and O–H groups in total. The lowest BCUT2D eigenvalue weighted by molar-refractivity contribution is 0.138. The summed E-state index contributed by atoms with van der Waals surface area (Å²) in [5, 5.41) is 2.10. The van der Waals surface area contributed by atoms with Crippen LogP contribution in [0.25, 0.3) is 0 Å². The molecule has 1 rings (SSSR count). The molecule has 16 heavy (non-hydrogen) atoms. The number of rotatable bonds is 5. The maximum absolute atomic E-state index is 5.67. The Morgan fingerprint density at radius 2 is 2.19 bits per heavy atom. The summed E-state index contributed by atoms with van der Waals surface area (Å²) in [7, 11) is 4.16. The zero-order valence-electron chi connectivity index (χ0n) is 10.2. The molecule has 0 aliphatic rings. The fraction of sp³-hybridized carbons (Fsp3) is 0.636. The van der Waals surface area contributed by atoms with Crippen molar-refractivity contribution in [3.05, 3.63) is 20.8 Å². The first-order valence-corrected chi connectivity index (χ1v) is 6.91. The summed E-state index contributed by atoms with van der Waals surface area (Å²) >= 11 is 5.23. The van der Waals surface area contributed by atoms with Gasteiger partial charge in [-0.25, -0.2) is 0 Å². The van der Waals surface area contributed by atoms with Crippen LogP contribution in [0.5, 0.6) is 0 Å². The van der Waals surface area contributed by atoms with E-state index in [-0.39, 0.29) is 11.6 Å². The first-order valence-electron chi connectivity index (χ1n) is 5.24. The minimum atomic E-state index is 0.0191. The lowest BCUT2D eigenvalue weighted by Crippen LogP contribution is -2.58.